The lowest BCUT2D eigenvalue weighted by Gasteiger charge is -2.39. The van der Waals surface area contributed by atoms with Gasteiger partial charge in [0, 0.05) is 5.92 Å². The van der Waals surface area contributed by atoms with Crippen molar-refractivity contribution in [3.05, 3.63) is 0 Å². The zero-order valence-corrected chi connectivity index (χ0v) is 10.8. The van der Waals surface area contributed by atoms with Crippen LogP contribution in [0.5, 0.6) is 0 Å². The molecule has 1 aliphatic carbocycles. The lowest BCUT2D eigenvalue weighted by molar-refractivity contribution is -0.145. The van der Waals surface area contributed by atoms with E-state index in [1.54, 1.807) is 0 Å². The number of rotatable bonds is 3. The normalized spacial score (nSPS) is 42.9. The molecule has 3 unspecified atom stereocenters. The maximum Gasteiger partial charge on any atom is 0.309 e. The Bertz CT molecular complexity index is 274. The molecule has 0 aromatic rings. The van der Waals surface area contributed by atoms with E-state index in [2.05, 4.69) is 13.8 Å². The first-order valence-electron chi connectivity index (χ1n) is 6.76. The van der Waals surface area contributed by atoms with E-state index in [-0.39, 0.29) is 18.0 Å². The number of unbranched alkanes of at least 4 members (excludes halogenated alkanes) is 1. The van der Waals surface area contributed by atoms with Crippen LogP contribution in [0.3, 0.4) is 0 Å². The molecule has 1 saturated heterocycles. The standard InChI is InChI=1S/C14H24O2/c1-4-5-7-14(3)8-6-11-10(2)13(15)16-12(11)9-14/h10-12H,4-9H2,1-3H3/t10?,11?,12-,14?/m1/s1. The minimum absolute atomic E-state index is 0.0368. The van der Waals surface area contributed by atoms with Crippen molar-refractivity contribution in [2.45, 2.75) is 65.4 Å². The maximum atomic E-state index is 11.5. The van der Waals surface area contributed by atoms with Crippen LogP contribution in [-0.2, 0) is 9.53 Å². The van der Waals surface area contributed by atoms with E-state index in [0.29, 0.717) is 11.3 Å². The smallest absolute Gasteiger partial charge is 0.309 e. The van der Waals surface area contributed by atoms with Crippen LogP contribution < -0.4 is 0 Å². The Hall–Kier alpha value is -0.530. The Kier molecular flexibility index (Phi) is 3.27. The van der Waals surface area contributed by atoms with E-state index in [1.165, 1.54) is 32.1 Å². The minimum Gasteiger partial charge on any atom is -0.462 e. The fourth-order valence-corrected chi connectivity index (χ4v) is 3.40. The summed E-state index contributed by atoms with van der Waals surface area (Å²) < 4.78 is 5.51. The van der Waals surface area contributed by atoms with Gasteiger partial charge in [0.1, 0.15) is 6.10 Å². The van der Waals surface area contributed by atoms with Crippen LogP contribution in [-0.4, -0.2) is 12.1 Å². The number of esters is 1. The molecule has 0 N–H and O–H groups in total. The van der Waals surface area contributed by atoms with Crippen molar-refractivity contribution in [3.8, 4) is 0 Å². The molecule has 2 fully saturated rings. The predicted molar refractivity (Wildman–Crippen MR) is 64.0 cm³/mol. The van der Waals surface area contributed by atoms with Crippen LogP contribution in [0.2, 0.25) is 0 Å². The summed E-state index contributed by atoms with van der Waals surface area (Å²) in [5, 5.41) is 0. The molecule has 2 nitrogen and oxygen atoms in total. The average molecular weight is 224 g/mol. The zero-order chi connectivity index (χ0) is 11.8. The van der Waals surface area contributed by atoms with Gasteiger partial charge in [-0.15, -0.1) is 0 Å². The van der Waals surface area contributed by atoms with Crippen LogP contribution in [0.15, 0.2) is 0 Å². The molecule has 0 aromatic carbocycles. The summed E-state index contributed by atoms with van der Waals surface area (Å²) in [4.78, 5) is 11.5. The predicted octanol–water partition coefficient (Wildman–Crippen LogP) is 3.54. The van der Waals surface area contributed by atoms with E-state index in [9.17, 15) is 4.79 Å². The molecule has 92 valence electrons. The van der Waals surface area contributed by atoms with Gasteiger partial charge < -0.3 is 4.74 Å². The first kappa shape index (κ1) is 11.9. The second-order valence-corrected chi connectivity index (χ2v) is 6.08. The second kappa shape index (κ2) is 4.38. The molecule has 16 heavy (non-hydrogen) atoms. The van der Waals surface area contributed by atoms with Gasteiger partial charge in [-0.2, -0.15) is 0 Å². The molecule has 2 rings (SSSR count). The Morgan fingerprint density at radius 3 is 2.94 bits per heavy atom. The van der Waals surface area contributed by atoms with E-state index in [4.69, 9.17) is 4.74 Å². The average Bonchev–Trinajstić information content (AvgIpc) is 2.51. The fourth-order valence-electron chi connectivity index (χ4n) is 3.40. The minimum atomic E-state index is 0.0368. The molecule has 0 amide bonds. The molecular weight excluding hydrogens is 200 g/mol. The summed E-state index contributed by atoms with van der Waals surface area (Å²) in [6, 6.07) is 0. The van der Waals surface area contributed by atoms with Crippen molar-refractivity contribution in [1.29, 1.82) is 0 Å². The van der Waals surface area contributed by atoms with Crippen molar-refractivity contribution in [1.82, 2.24) is 0 Å². The van der Waals surface area contributed by atoms with Gasteiger partial charge in [0.15, 0.2) is 0 Å². The first-order valence-corrected chi connectivity index (χ1v) is 6.76. The molecule has 1 aliphatic heterocycles. The Labute approximate surface area is 98.7 Å². The van der Waals surface area contributed by atoms with Crippen LogP contribution in [0.4, 0.5) is 0 Å². The van der Waals surface area contributed by atoms with Crippen LogP contribution in [0.1, 0.15) is 59.3 Å². The maximum absolute atomic E-state index is 11.5. The quantitative estimate of drug-likeness (QED) is 0.685. The van der Waals surface area contributed by atoms with Crippen molar-refractivity contribution in [2.24, 2.45) is 17.3 Å². The van der Waals surface area contributed by atoms with Gasteiger partial charge in [-0.3, -0.25) is 4.79 Å². The number of carbonyl (C=O) groups is 1. The lowest BCUT2D eigenvalue weighted by atomic mass is 9.66. The van der Waals surface area contributed by atoms with Crippen molar-refractivity contribution in [2.75, 3.05) is 0 Å². The molecule has 2 heteroatoms. The zero-order valence-electron chi connectivity index (χ0n) is 10.8. The van der Waals surface area contributed by atoms with Gasteiger partial charge in [0.2, 0.25) is 0 Å². The van der Waals surface area contributed by atoms with Crippen molar-refractivity contribution < 1.29 is 9.53 Å². The monoisotopic (exact) mass is 224 g/mol. The number of hydrogen-bond donors (Lipinski definition) is 0. The number of ether oxygens (including phenoxy) is 1. The molecular formula is C14H24O2. The van der Waals surface area contributed by atoms with Gasteiger partial charge in [0.25, 0.3) is 0 Å². The van der Waals surface area contributed by atoms with Gasteiger partial charge in [-0.1, -0.05) is 33.6 Å². The third-order valence-corrected chi connectivity index (χ3v) is 4.67. The van der Waals surface area contributed by atoms with E-state index >= 15 is 0 Å². The molecule has 1 heterocycles. The number of fused-ring (bicyclic) bond motifs is 1. The highest BCUT2D eigenvalue weighted by Crippen LogP contribution is 2.48. The Balaban J connectivity index is 1.98. The highest BCUT2D eigenvalue weighted by atomic mass is 16.6. The van der Waals surface area contributed by atoms with E-state index in [1.807, 2.05) is 6.92 Å². The van der Waals surface area contributed by atoms with Gasteiger partial charge in [-0.25, -0.2) is 0 Å². The summed E-state index contributed by atoms with van der Waals surface area (Å²) in [6.45, 7) is 6.64. The highest BCUT2D eigenvalue weighted by molar-refractivity contribution is 5.74. The van der Waals surface area contributed by atoms with Crippen LogP contribution >= 0.6 is 0 Å². The Morgan fingerprint density at radius 2 is 2.25 bits per heavy atom. The van der Waals surface area contributed by atoms with E-state index in [0.717, 1.165) is 6.42 Å². The highest BCUT2D eigenvalue weighted by Gasteiger charge is 2.48. The van der Waals surface area contributed by atoms with Gasteiger partial charge in [0.05, 0.1) is 5.92 Å². The third-order valence-electron chi connectivity index (χ3n) is 4.67. The summed E-state index contributed by atoms with van der Waals surface area (Å²) in [6.07, 6.45) is 7.62. The lowest BCUT2D eigenvalue weighted by Crippen LogP contribution is -2.34. The number of hydrogen-bond acceptors (Lipinski definition) is 2. The largest absolute Gasteiger partial charge is 0.462 e. The van der Waals surface area contributed by atoms with E-state index < -0.39 is 0 Å². The topological polar surface area (TPSA) is 26.3 Å². The summed E-state index contributed by atoms with van der Waals surface area (Å²) in [7, 11) is 0. The first-order chi connectivity index (χ1) is 7.56. The Morgan fingerprint density at radius 1 is 1.50 bits per heavy atom. The molecule has 0 radical (unpaired) electrons. The van der Waals surface area contributed by atoms with Crippen molar-refractivity contribution >= 4 is 5.97 Å². The fraction of sp³-hybridized carbons (Fsp3) is 0.929. The van der Waals surface area contributed by atoms with Crippen LogP contribution in [0.25, 0.3) is 0 Å². The van der Waals surface area contributed by atoms with Crippen LogP contribution in [0, 0.1) is 17.3 Å². The summed E-state index contributed by atoms with van der Waals surface area (Å²) >= 11 is 0. The molecule has 4 atom stereocenters. The molecule has 0 spiro atoms. The molecule has 0 bridgehead atoms. The molecule has 1 saturated carbocycles. The van der Waals surface area contributed by atoms with Gasteiger partial charge >= 0.3 is 5.97 Å². The van der Waals surface area contributed by atoms with Crippen molar-refractivity contribution in [3.63, 3.8) is 0 Å². The summed E-state index contributed by atoms with van der Waals surface area (Å²) in [5.74, 6) is 0.678. The van der Waals surface area contributed by atoms with Gasteiger partial charge in [-0.05, 0) is 31.1 Å². The molecule has 2 aliphatic rings. The second-order valence-electron chi connectivity index (χ2n) is 6.08. The number of carbonyl (C=O) groups excluding carboxylic acids is 1. The summed E-state index contributed by atoms with van der Waals surface area (Å²) in [5.41, 5.74) is 0.418. The SMILES string of the molecule is CCCCC1(C)CCC2C(C)C(=O)O[C@@H]2C1. The third kappa shape index (κ3) is 2.11. The molecule has 0 aromatic heterocycles.